The summed E-state index contributed by atoms with van der Waals surface area (Å²) in [5.41, 5.74) is -0.817. The summed E-state index contributed by atoms with van der Waals surface area (Å²) in [4.78, 5) is 0. The summed E-state index contributed by atoms with van der Waals surface area (Å²) in [6.45, 7) is 1.36. The molecular weight excluding hydrogens is 260 g/mol. The lowest BCUT2D eigenvalue weighted by atomic mass is 9.99. The van der Waals surface area contributed by atoms with Crippen LogP contribution in [-0.4, -0.2) is 5.11 Å². The predicted molar refractivity (Wildman–Crippen MR) is 61.5 cm³/mol. The summed E-state index contributed by atoms with van der Waals surface area (Å²) in [7, 11) is 0. The van der Waals surface area contributed by atoms with Crippen molar-refractivity contribution in [1.82, 2.24) is 0 Å². The molecule has 1 N–H and O–H groups in total. The monoisotopic (exact) mass is 270 g/mol. The topological polar surface area (TPSA) is 20.2 Å². The van der Waals surface area contributed by atoms with Crippen molar-refractivity contribution < 1.29 is 22.7 Å². The molecule has 0 aliphatic heterocycles. The van der Waals surface area contributed by atoms with E-state index in [1.165, 1.54) is 19.1 Å². The zero-order chi connectivity index (χ0) is 14.2. The largest absolute Gasteiger partial charge is 0.383 e. The second-order valence-corrected chi connectivity index (χ2v) is 4.15. The van der Waals surface area contributed by atoms with Gasteiger partial charge in [0.15, 0.2) is 23.3 Å². The predicted octanol–water partition coefficient (Wildman–Crippen LogP) is 3.63. The Balaban J connectivity index is 2.53. The van der Waals surface area contributed by atoms with Gasteiger partial charge in [-0.15, -0.1) is 0 Å². The first kappa shape index (κ1) is 13.5. The van der Waals surface area contributed by atoms with Crippen molar-refractivity contribution in [2.24, 2.45) is 0 Å². The van der Waals surface area contributed by atoms with Gasteiger partial charge in [0.2, 0.25) is 0 Å². The van der Waals surface area contributed by atoms with Crippen LogP contribution in [0.5, 0.6) is 0 Å². The normalized spacial score (nSPS) is 12.5. The molecule has 19 heavy (non-hydrogen) atoms. The van der Waals surface area contributed by atoms with Gasteiger partial charge in [-0.2, -0.15) is 0 Å². The van der Waals surface area contributed by atoms with Crippen LogP contribution in [-0.2, 0) is 0 Å². The molecule has 1 atom stereocenters. The summed E-state index contributed by atoms with van der Waals surface area (Å²) < 4.78 is 53.6. The summed E-state index contributed by atoms with van der Waals surface area (Å²) in [6.07, 6.45) is -1.77. The SMILES string of the molecule is Cc1ccc(C(O)c2cccc(F)c2F)c(F)c1F. The van der Waals surface area contributed by atoms with Crippen LogP contribution < -0.4 is 0 Å². The van der Waals surface area contributed by atoms with Crippen LogP contribution in [0.2, 0.25) is 0 Å². The number of hydrogen-bond acceptors (Lipinski definition) is 1. The fourth-order valence-corrected chi connectivity index (χ4v) is 1.77. The molecule has 1 unspecified atom stereocenters. The van der Waals surface area contributed by atoms with Gasteiger partial charge in [-0.3, -0.25) is 0 Å². The number of hydrogen-bond donors (Lipinski definition) is 1. The molecule has 2 rings (SSSR count). The van der Waals surface area contributed by atoms with Crippen LogP contribution in [0.25, 0.3) is 0 Å². The Hall–Kier alpha value is -1.88. The van der Waals surface area contributed by atoms with E-state index < -0.39 is 40.5 Å². The molecule has 1 nitrogen and oxygen atoms in total. The first-order chi connectivity index (χ1) is 8.93. The third kappa shape index (κ3) is 2.33. The van der Waals surface area contributed by atoms with Crippen LogP contribution in [0.4, 0.5) is 17.6 Å². The summed E-state index contributed by atoms with van der Waals surface area (Å²) >= 11 is 0. The quantitative estimate of drug-likeness (QED) is 0.826. The molecule has 0 spiro atoms. The lowest BCUT2D eigenvalue weighted by Crippen LogP contribution is -2.08. The van der Waals surface area contributed by atoms with Crippen LogP contribution >= 0.6 is 0 Å². The smallest absolute Gasteiger partial charge is 0.165 e. The van der Waals surface area contributed by atoms with Gasteiger partial charge >= 0.3 is 0 Å². The lowest BCUT2D eigenvalue weighted by Gasteiger charge is -2.14. The van der Waals surface area contributed by atoms with E-state index in [0.29, 0.717) is 0 Å². The van der Waals surface area contributed by atoms with E-state index in [9.17, 15) is 22.7 Å². The molecule has 0 amide bonds. The van der Waals surface area contributed by atoms with E-state index in [1.54, 1.807) is 0 Å². The zero-order valence-corrected chi connectivity index (χ0v) is 9.92. The van der Waals surface area contributed by atoms with Gasteiger partial charge in [-0.05, 0) is 18.6 Å². The molecule has 2 aromatic rings. The van der Waals surface area contributed by atoms with E-state index in [2.05, 4.69) is 0 Å². The van der Waals surface area contributed by atoms with Crippen molar-refractivity contribution in [2.45, 2.75) is 13.0 Å². The average Bonchev–Trinajstić information content (AvgIpc) is 2.39. The van der Waals surface area contributed by atoms with Crippen LogP contribution in [0.15, 0.2) is 30.3 Å². The molecule has 0 aliphatic rings. The maximum Gasteiger partial charge on any atom is 0.165 e. The fraction of sp³-hybridized carbons (Fsp3) is 0.143. The Labute approximate surface area is 107 Å². The van der Waals surface area contributed by atoms with Crippen molar-refractivity contribution in [3.63, 3.8) is 0 Å². The molecule has 0 bridgehead atoms. The highest BCUT2D eigenvalue weighted by Gasteiger charge is 2.22. The third-order valence-corrected chi connectivity index (χ3v) is 2.88. The Kier molecular flexibility index (Phi) is 3.57. The third-order valence-electron chi connectivity index (χ3n) is 2.88. The minimum atomic E-state index is -1.77. The maximum absolute atomic E-state index is 13.7. The van der Waals surface area contributed by atoms with E-state index in [0.717, 1.165) is 18.2 Å². The van der Waals surface area contributed by atoms with Crippen LogP contribution in [0, 0.1) is 30.2 Å². The Morgan fingerprint density at radius 2 is 1.47 bits per heavy atom. The molecule has 0 saturated carbocycles. The Morgan fingerprint density at radius 3 is 2.16 bits per heavy atom. The minimum absolute atomic E-state index is 0.0631. The molecule has 0 radical (unpaired) electrons. The fourth-order valence-electron chi connectivity index (χ4n) is 1.77. The van der Waals surface area contributed by atoms with Gasteiger partial charge in [0, 0.05) is 11.1 Å². The summed E-state index contributed by atoms with van der Waals surface area (Å²) in [5, 5.41) is 9.88. The van der Waals surface area contributed by atoms with Crippen molar-refractivity contribution in [3.05, 3.63) is 70.3 Å². The second kappa shape index (κ2) is 5.01. The zero-order valence-electron chi connectivity index (χ0n) is 9.92. The molecule has 0 heterocycles. The highest BCUT2D eigenvalue weighted by Crippen LogP contribution is 2.29. The number of aliphatic hydroxyl groups is 1. The standard InChI is InChI=1S/C14H10F4O/c1-7-5-6-9(13(18)11(7)16)14(19)8-3-2-4-10(15)12(8)17/h2-6,14,19H,1H3. The molecule has 0 aromatic heterocycles. The van der Waals surface area contributed by atoms with Gasteiger partial charge in [-0.1, -0.05) is 24.3 Å². The maximum atomic E-state index is 13.7. The first-order valence-corrected chi connectivity index (χ1v) is 5.50. The van der Waals surface area contributed by atoms with Gasteiger partial charge in [0.05, 0.1) is 0 Å². The van der Waals surface area contributed by atoms with Gasteiger partial charge in [0.25, 0.3) is 0 Å². The molecule has 0 aliphatic carbocycles. The van der Waals surface area contributed by atoms with Gasteiger partial charge < -0.3 is 5.11 Å². The average molecular weight is 270 g/mol. The highest BCUT2D eigenvalue weighted by molar-refractivity contribution is 5.34. The number of benzene rings is 2. The number of halogens is 4. The molecule has 0 fully saturated rings. The Bertz CT molecular complexity index is 625. The molecule has 0 saturated heterocycles. The van der Waals surface area contributed by atoms with Crippen LogP contribution in [0.1, 0.15) is 22.8 Å². The van der Waals surface area contributed by atoms with E-state index in [1.807, 2.05) is 0 Å². The lowest BCUT2D eigenvalue weighted by molar-refractivity contribution is 0.206. The highest BCUT2D eigenvalue weighted by atomic mass is 19.2. The molecular formula is C14H10F4O. The van der Waals surface area contributed by atoms with Crippen molar-refractivity contribution >= 4 is 0 Å². The van der Waals surface area contributed by atoms with E-state index in [4.69, 9.17) is 0 Å². The van der Waals surface area contributed by atoms with Crippen LogP contribution in [0.3, 0.4) is 0 Å². The summed E-state index contributed by atoms with van der Waals surface area (Å²) in [5.74, 6) is -4.83. The second-order valence-electron chi connectivity index (χ2n) is 4.15. The molecule has 5 heteroatoms. The number of aryl methyl sites for hydroxylation is 1. The molecule has 2 aromatic carbocycles. The summed E-state index contributed by atoms with van der Waals surface area (Å²) in [6, 6.07) is 5.56. The number of rotatable bonds is 2. The molecule has 100 valence electrons. The van der Waals surface area contributed by atoms with Gasteiger partial charge in [0.1, 0.15) is 6.10 Å². The minimum Gasteiger partial charge on any atom is -0.383 e. The van der Waals surface area contributed by atoms with Gasteiger partial charge in [-0.25, -0.2) is 17.6 Å². The van der Waals surface area contributed by atoms with E-state index >= 15 is 0 Å². The number of aliphatic hydroxyl groups excluding tert-OH is 1. The van der Waals surface area contributed by atoms with Crippen molar-refractivity contribution in [2.75, 3.05) is 0 Å². The Morgan fingerprint density at radius 1 is 0.842 bits per heavy atom. The van der Waals surface area contributed by atoms with Crippen molar-refractivity contribution in [3.8, 4) is 0 Å². The van der Waals surface area contributed by atoms with Crippen molar-refractivity contribution in [1.29, 1.82) is 0 Å². The van der Waals surface area contributed by atoms with E-state index in [-0.39, 0.29) is 5.56 Å². The first-order valence-electron chi connectivity index (χ1n) is 5.50.